The van der Waals surface area contributed by atoms with E-state index >= 15 is 0 Å². The van der Waals surface area contributed by atoms with Crippen LogP contribution in [0.2, 0.25) is 10.0 Å². The summed E-state index contributed by atoms with van der Waals surface area (Å²) in [5.41, 5.74) is 1.85. The van der Waals surface area contributed by atoms with Crippen molar-refractivity contribution in [3.8, 4) is 0 Å². The predicted molar refractivity (Wildman–Crippen MR) is 80.0 cm³/mol. The van der Waals surface area contributed by atoms with E-state index in [0.29, 0.717) is 22.4 Å². The molecule has 0 spiro atoms. The maximum Gasteiger partial charge on any atom is 0.110 e. The van der Waals surface area contributed by atoms with Crippen LogP contribution in [0, 0.1) is 5.92 Å². The zero-order valence-electron chi connectivity index (χ0n) is 11.2. The van der Waals surface area contributed by atoms with E-state index in [1.165, 1.54) is 0 Å². The number of aromatic nitrogens is 2. The first kappa shape index (κ1) is 14.6. The third kappa shape index (κ3) is 3.22. The molecule has 0 aliphatic rings. The second kappa shape index (κ2) is 6.12. The minimum absolute atomic E-state index is 0.169. The van der Waals surface area contributed by atoms with E-state index in [1.807, 2.05) is 6.07 Å². The zero-order chi connectivity index (χ0) is 14.0. The number of imidazole rings is 1. The molecule has 2 aromatic rings. The molecule has 0 amide bonds. The molecule has 0 unspecified atom stereocenters. The Morgan fingerprint density at radius 2 is 1.95 bits per heavy atom. The average Bonchev–Trinajstić information content (AvgIpc) is 2.63. The fourth-order valence-electron chi connectivity index (χ4n) is 2.17. The van der Waals surface area contributed by atoms with Crippen LogP contribution in [0.15, 0.2) is 12.1 Å². The van der Waals surface area contributed by atoms with Crippen molar-refractivity contribution in [2.45, 2.75) is 33.2 Å². The molecule has 0 atom stereocenters. The predicted octanol–water partition coefficient (Wildman–Crippen LogP) is 3.92. The Morgan fingerprint density at radius 1 is 1.26 bits per heavy atom. The van der Waals surface area contributed by atoms with Crippen LogP contribution in [0.4, 0.5) is 0 Å². The molecule has 104 valence electrons. The summed E-state index contributed by atoms with van der Waals surface area (Å²) in [7, 11) is 0. The van der Waals surface area contributed by atoms with E-state index in [9.17, 15) is 0 Å². The van der Waals surface area contributed by atoms with Gasteiger partial charge in [-0.1, -0.05) is 37.0 Å². The van der Waals surface area contributed by atoms with E-state index < -0.39 is 0 Å². The van der Waals surface area contributed by atoms with E-state index in [1.54, 1.807) is 6.07 Å². The Morgan fingerprint density at radius 3 is 2.58 bits per heavy atom. The number of benzene rings is 1. The molecule has 0 bridgehead atoms. The number of nitrogens with zero attached hydrogens (tertiary/aromatic N) is 2. The quantitative estimate of drug-likeness (QED) is 0.909. The lowest BCUT2D eigenvalue weighted by molar-refractivity contribution is 0.279. The van der Waals surface area contributed by atoms with Gasteiger partial charge in [-0.3, -0.25) is 0 Å². The van der Waals surface area contributed by atoms with Gasteiger partial charge in [0.1, 0.15) is 5.82 Å². The molecule has 1 heterocycles. The Balaban J connectivity index is 2.52. The fourth-order valence-corrected chi connectivity index (χ4v) is 2.49. The van der Waals surface area contributed by atoms with Crippen molar-refractivity contribution in [1.82, 2.24) is 9.55 Å². The summed E-state index contributed by atoms with van der Waals surface area (Å²) in [5.74, 6) is 1.55. The number of aliphatic hydroxyl groups excluding tert-OH is 1. The average molecular weight is 301 g/mol. The molecule has 0 saturated heterocycles. The molecule has 5 heteroatoms. The molecule has 3 nitrogen and oxygen atoms in total. The van der Waals surface area contributed by atoms with Gasteiger partial charge in [0, 0.05) is 19.6 Å². The van der Waals surface area contributed by atoms with Crippen molar-refractivity contribution in [1.29, 1.82) is 0 Å². The minimum atomic E-state index is 0.169. The van der Waals surface area contributed by atoms with Gasteiger partial charge < -0.3 is 9.67 Å². The van der Waals surface area contributed by atoms with Gasteiger partial charge in [0.15, 0.2) is 0 Å². The summed E-state index contributed by atoms with van der Waals surface area (Å²) in [4.78, 5) is 4.65. The minimum Gasteiger partial charge on any atom is -0.396 e. The van der Waals surface area contributed by atoms with Crippen molar-refractivity contribution >= 4 is 34.2 Å². The highest BCUT2D eigenvalue weighted by molar-refractivity contribution is 6.42. The lowest BCUT2D eigenvalue weighted by Gasteiger charge is -2.10. The van der Waals surface area contributed by atoms with Gasteiger partial charge in [0.2, 0.25) is 0 Å². The van der Waals surface area contributed by atoms with Gasteiger partial charge in [-0.15, -0.1) is 0 Å². The van der Waals surface area contributed by atoms with E-state index in [2.05, 4.69) is 23.4 Å². The van der Waals surface area contributed by atoms with Crippen LogP contribution in [0.1, 0.15) is 26.1 Å². The first-order chi connectivity index (χ1) is 9.02. The number of hydrogen-bond donors (Lipinski definition) is 1. The number of aryl methyl sites for hydroxylation is 1. The Labute approximate surface area is 123 Å². The molecule has 0 fully saturated rings. The molecular weight excluding hydrogens is 283 g/mol. The summed E-state index contributed by atoms with van der Waals surface area (Å²) in [5, 5.41) is 10.1. The van der Waals surface area contributed by atoms with Gasteiger partial charge in [-0.25, -0.2) is 4.98 Å². The van der Waals surface area contributed by atoms with Crippen molar-refractivity contribution in [3.63, 3.8) is 0 Å². The fraction of sp³-hybridized carbons (Fsp3) is 0.500. The largest absolute Gasteiger partial charge is 0.396 e. The van der Waals surface area contributed by atoms with Gasteiger partial charge in [-0.05, 0) is 24.5 Å². The number of fused-ring (bicyclic) bond motifs is 1. The number of hydrogen-bond acceptors (Lipinski definition) is 2. The van der Waals surface area contributed by atoms with Crippen LogP contribution in [-0.2, 0) is 13.0 Å². The summed E-state index contributed by atoms with van der Waals surface area (Å²) >= 11 is 12.1. The highest BCUT2D eigenvalue weighted by Crippen LogP contribution is 2.29. The first-order valence-electron chi connectivity index (χ1n) is 6.48. The molecule has 0 aliphatic heterocycles. The van der Waals surface area contributed by atoms with Crippen molar-refractivity contribution in [2.24, 2.45) is 5.92 Å². The summed E-state index contributed by atoms with van der Waals surface area (Å²) < 4.78 is 2.13. The SMILES string of the molecule is CC(C)Cc1nc2cc(Cl)c(Cl)cc2n1CCCO. The molecule has 1 N–H and O–H groups in total. The number of rotatable bonds is 5. The normalized spacial score (nSPS) is 11.7. The highest BCUT2D eigenvalue weighted by Gasteiger charge is 2.13. The Hall–Kier alpha value is -0.770. The van der Waals surface area contributed by atoms with Crippen LogP contribution in [0.5, 0.6) is 0 Å². The third-order valence-corrected chi connectivity index (χ3v) is 3.72. The monoisotopic (exact) mass is 300 g/mol. The van der Waals surface area contributed by atoms with Crippen molar-refractivity contribution < 1.29 is 5.11 Å². The number of halogens is 2. The van der Waals surface area contributed by atoms with Gasteiger partial charge in [0.25, 0.3) is 0 Å². The lowest BCUT2D eigenvalue weighted by atomic mass is 10.1. The van der Waals surface area contributed by atoms with E-state index in [-0.39, 0.29) is 6.61 Å². The molecule has 1 aromatic carbocycles. The van der Waals surface area contributed by atoms with Gasteiger partial charge >= 0.3 is 0 Å². The standard InChI is InChI=1S/C14H18Cl2N2O/c1-9(2)6-14-17-12-7-10(15)11(16)8-13(12)18(14)4-3-5-19/h7-9,19H,3-6H2,1-2H3. The van der Waals surface area contributed by atoms with Crippen LogP contribution in [0.3, 0.4) is 0 Å². The molecule has 0 saturated carbocycles. The zero-order valence-corrected chi connectivity index (χ0v) is 12.7. The first-order valence-corrected chi connectivity index (χ1v) is 7.23. The molecule has 2 rings (SSSR count). The second-order valence-electron chi connectivity index (χ2n) is 5.11. The van der Waals surface area contributed by atoms with Crippen LogP contribution >= 0.6 is 23.2 Å². The summed E-state index contributed by atoms with van der Waals surface area (Å²) in [6, 6.07) is 3.66. The molecule has 1 aromatic heterocycles. The second-order valence-corrected chi connectivity index (χ2v) is 5.92. The maximum absolute atomic E-state index is 9.03. The summed E-state index contributed by atoms with van der Waals surface area (Å²) in [6.07, 6.45) is 1.60. The molecule has 0 radical (unpaired) electrons. The van der Waals surface area contributed by atoms with Crippen molar-refractivity contribution in [2.75, 3.05) is 6.61 Å². The number of aliphatic hydroxyl groups is 1. The highest BCUT2D eigenvalue weighted by atomic mass is 35.5. The Kier molecular flexibility index (Phi) is 4.71. The smallest absolute Gasteiger partial charge is 0.110 e. The van der Waals surface area contributed by atoms with E-state index in [0.717, 1.165) is 29.8 Å². The molecular formula is C14H18Cl2N2O. The van der Waals surface area contributed by atoms with Crippen molar-refractivity contribution in [3.05, 3.63) is 28.0 Å². The Bertz CT molecular complexity index is 578. The lowest BCUT2D eigenvalue weighted by Crippen LogP contribution is -2.08. The maximum atomic E-state index is 9.03. The molecule has 0 aliphatic carbocycles. The summed E-state index contributed by atoms with van der Waals surface area (Å²) in [6.45, 7) is 5.24. The van der Waals surface area contributed by atoms with Gasteiger partial charge in [-0.2, -0.15) is 0 Å². The van der Waals surface area contributed by atoms with Crippen LogP contribution in [0.25, 0.3) is 11.0 Å². The third-order valence-electron chi connectivity index (χ3n) is 3.00. The van der Waals surface area contributed by atoms with E-state index in [4.69, 9.17) is 28.3 Å². The van der Waals surface area contributed by atoms with Gasteiger partial charge in [0.05, 0.1) is 21.1 Å². The van der Waals surface area contributed by atoms with Crippen LogP contribution in [-0.4, -0.2) is 21.3 Å². The van der Waals surface area contributed by atoms with Crippen LogP contribution < -0.4 is 0 Å². The molecule has 19 heavy (non-hydrogen) atoms. The topological polar surface area (TPSA) is 38.0 Å².